The summed E-state index contributed by atoms with van der Waals surface area (Å²) in [6.07, 6.45) is 2.66. The fraction of sp³-hybridized carbons (Fsp3) is 0.462. The van der Waals surface area contributed by atoms with Gasteiger partial charge in [-0.15, -0.1) is 12.4 Å². The number of rotatable bonds is 7. The van der Waals surface area contributed by atoms with Gasteiger partial charge in [0.1, 0.15) is 5.56 Å². The third-order valence-corrected chi connectivity index (χ3v) is 3.16. The Morgan fingerprint density at radius 1 is 1.52 bits per heavy atom. The van der Waals surface area contributed by atoms with E-state index in [-0.39, 0.29) is 34.7 Å². The van der Waals surface area contributed by atoms with E-state index in [0.717, 1.165) is 19.3 Å². The molecule has 3 N–H and O–H groups in total. The van der Waals surface area contributed by atoms with Crippen LogP contribution in [0.25, 0.3) is 0 Å². The number of halogens is 2. The number of unbranched alkanes of at least 4 members (excludes halogenated alkanes) is 1. The maximum Gasteiger partial charge on any atom is 0.282 e. The number of carbonyl (C=O) groups is 1. The molecule has 1 amide bonds. The zero-order valence-electron chi connectivity index (χ0n) is 11.7. The van der Waals surface area contributed by atoms with Crippen LogP contribution in [0.4, 0.5) is 5.69 Å². The summed E-state index contributed by atoms with van der Waals surface area (Å²) >= 11 is 5.79. The van der Waals surface area contributed by atoms with Gasteiger partial charge < -0.3 is 11.1 Å². The Morgan fingerprint density at radius 3 is 2.71 bits per heavy atom. The van der Waals surface area contributed by atoms with E-state index in [9.17, 15) is 14.9 Å². The van der Waals surface area contributed by atoms with Crippen molar-refractivity contribution in [3.8, 4) is 0 Å². The van der Waals surface area contributed by atoms with Crippen LogP contribution in [0.1, 0.15) is 36.5 Å². The zero-order valence-corrected chi connectivity index (χ0v) is 13.2. The normalized spacial score (nSPS) is 11.4. The van der Waals surface area contributed by atoms with E-state index in [1.54, 1.807) is 0 Å². The molecular formula is C13H19Cl2N3O3. The summed E-state index contributed by atoms with van der Waals surface area (Å²) in [6, 6.07) is 3.71. The van der Waals surface area contributed by atoms with E-state index in [4.69, 9.17) is 17.3 Å². The summed E-state index contributed by atoms with van der Waals surface area (Å²) in [5.74, 6) is -0.522. The molecule has 118 valence electrons. The van der Waals surface area contributed by atoms with Crippen molar-refractivity contribution in [2.45, 2.75) is 32.2 Å². The van der Waals surface area contributed by atoms with E-state index in [0.29, 0.717) is 6.54 Å². The third kappa shape index (κ3) is 5.87. The molecular weight excluding hydrogens is 317 g/mol. The first-order chi connectivity index (χ1) is 9.49. The van der Waals surface area contributed by atoms with Gasteiger partial charge in [-0.2, -0.15) is 0 Å². The molecule has 0 fully saturated rings. The minimum atomic E-state index is -0.602. The lowest BCUT2D eigenvalue weighted by Crippen LogP contribution is -2.40. The summed E-state index contributed by atoms with van der Waals surface area (Å²) in [4.78, 5) is 22.4. The van der Waals surface area contributed by atoms with Crippen LogP contribution in [-0.4, -0.2) is 23.4 Å². The first kappa shape index (κ1) is 19.6. The van der Waals surface area contributed by atoms with Crippen LogP contribution >= 0.6 is 24.0 Å². The lowest BCUT2D eigenvalue weighted by Gasteiger charge is -2.16. The monoisotopic (exact) mass is 335 g/mol. The average Bonchev–Trinajstić information content (AvgIpc) is 2.42. The first-order valence-electron chi connectivity index (χ1n) is 6.44. The molecule has 0 radical (unpaired) electrons. The van der Waals surface area contributed by atoms with Gasteiger partial charge in [-0.25, -0.2) is 0 Å². The quantitative estimate of drug-likeness (QED) is 0.591. The molecule has 1 atom stereocenters. The molecule has 1 aromatic carbocycles. The second-order valence-electron chi connectivity index (χ2n) is 4.47. The second-order valence-corrected chi connectivity index (χ2v) is 4.90. The molecule has 1 aromatic rings. The van der Waals surface area contributed by atoms with E-state index in [1.807, 2.05) is 6.92 Å². The largest absolute Gasteiger partial charge is 0.348 e. The third-order valence-electron chi connectivity index (χ3n) is 2.93. The number of hydrogen-bond acceptors (Lipinski definition) is 4. The zero-order chi connectivity index (χ0) is 15.1. The molecule has 6 nitrogen and oxygen atoms in total. The van der Waals surface area contributed by atoms with Gasteiger partial charge in [0, 0.05) is 23.7 Å². The lowest BCUT2D eigenvalue weighted by atomic mass is 10.1. The molecule has 0 bridgehead atoms. The van der Waals surface area contributed by atoms with Crippen molar-refractivity contribution in [3.05, 3.63) is 38.9 Å². The molecule has 0 aliphatic carbocycles. The number of nitro groups is 1. The molecule has 0 spiro atoms. The van der Waals surface area contributed by atoms with Crippen molar-refractivity contribution in [2.75, 3.05) is 6.54 Å². The number of benzene rings is 1. The van der Waals surface area contributed by atoms with Crippen LogP contribution < -0.4 is 11.1 Å². The van der Waals surface area contributed by atoms with E-state index < -0.39 is 10.8 Å². The van der Waals surface area contributed by atoms with Gasteiger partial charge in [0.15, 0.2) is 0 Å². The topological polar surface area (TPSA) is 98.3 Å². The van der Waals surface area contributed by atoms with Gasteiger partial charge in [-0.3, -0.25) is 14.9 Å². The summed E-state index contributed by atoms with van der Waals surface area (Å²) in [6.45, 7) is 2.33. The molecule has 0 heterocycles. The Bertz CT molecular complexity index is 498. The Labute approximate surface area is 134 Å². The highest BCUT2D eigenvalue weighted by atomic mass is 35.5. The van der Waals surface area contributed by atoms with Crippen LogP contribution in [0.5, 0.6) is 0 Å². The predicted molar refractivity (Wildman–Crippen MR) is 85.2 cm³/mol. The molecule has 8 heteroatoms. The minimum Gasteiger partial charge on any atom is -0.348 e. The number of amides is 1. The van der Waals surface area contributed by atoms with E-state index in [2.05, 4.69) is 5.32 Å². The fourth-order valence-corrected chi connectivity index (χ4v) is 1.98. The van der Waals surface area contributed by atoms with Gasteiger partial charge in [0.05, 0.1) is 4.92 Å². The second kappa shape index (κ2) is 9.55. The fourth-order valence-electron chi connectivity index (χ4n) is 1.81. The van der Waals surface area contributed by atoms with Gasteiger partial charge >= 0.3 is 0 Å². The first-order valence-corrected chi connectivity index (χ1v) is 6.82. The smallest absolute Gasteiger partial charge is 0.282 e. The average molecular weight is 336 g/mol. The van der Waals surface area contributed by atoms with E-state index in [1.165, 1.54) is 18.2 Å². The number of nitrogens with two attached hydrogens (primary N) is 1. The predicted octanol–water partition coefficient (Wildman–Crippen LogP) is 2.92. The van der Waals surface area contributed by atoms with Crippen LogP contribution in [0.2, 0.25) is 5.02 Å². The highest BCUT2D eigenvalue weighted by Crippen LogP contribution is 2.22. The molecule has 0 saturated heterocycles. The Morgan fingerprint density at radius 2 is 2.19 bits per heavy atom. The van der Waals surface area contributed by atoms with Crippen molar-refractivity contribution in [1.82, 2.24) is 5.32 Å². The Hall–Kier alpha value is -1.37. The van der Waals surface area contributed by atoms with Gasteiger partial charge in [0.25, 0.3) is 11.6 Å². The molecule has 0 saturated carbocycles. The van der Waals surface area contributed by atoms with Crippen molar-refractivity contribution in [1.29, 1.82) is 0 Å². The van der Waals surface area contributed by atoms with Crippen LogP contribution in [-0.2, 0) is 0 Å². The van der Waals surface area contributed by atoms with Crippen molar-refractivity contribution in [2.24, 2.45) is 5.73 Å². The summed E-state index contributed by atoms with van der Waals surface area (Å²) < 4.78 is 0. The van der Waals surface area contributed by atoms with Crippen molar-refractivity contribution >= 4 is 35.6 Å². The molecule has 0 aliphatic heterocycles. The highest BCUT2D eigenvalue weighted by Gasteiger charge is 2.22. The summed E-state index contributed by atoms with van der Waals surface area (Å²) in [5.41, 5.74) is 5.28. The van der Waals surface area contributed by atoms with E-state index >= 15 is 0 Å². The molecule has 21 heavy (non-hydrogen) atoms. The van der Waals surface area contributed by atoms with Gasteiger partial charge in [0.2, 0.25) is 0 Å². The maximum atomic E-state index is 12.1. The number of nitrogens with zero attached hydrogens (tertiary/aromatic N) is 1. The Balaban J connectivity index is 0.00000400. The lowest BCUT2D eigenvalue weighted by molar-refractivity contribution is -0.385. The van der Waals surface area contributed by atoms with Crippen molar-refractivity contribution < 1.29 is 9.72 Å². The van der Waals surface area contributed by atoms with Crippen LogP contribution in [0.15, 0.2) is 18.2 Å². The SMILES string of the molecule is CCCCC(CN)NC(=O)c1cc(Cl)ccc1[N+](=O)[O-].Cl. The minimum absolute atomic E-state index is 0. The van der Waals surface area contributed by atoms with Gasteiger partial charge in [-0.1, -0.05) is 31.4 Å². The van der Waals surface area contributed by atoms with Crippen LogP contribution in [0, 0.1) is 10.1 Å². The number of hydrogen-bond donors (Lipinski definition) is 2. The standard InChI is InChI=1S/C13H18ClN3O3.ClH/c1-2-3-4-10(8-15)16-13(18)11-7-9(14)5-6-12(11)17(19)20;/h5-7,10H,2-4,8,15H2,1H3,(H,16,18);1H. The molecule has 1 rings (SSSR count). The van der Waals surface area contributed by atoms with Crippen LogP contribution in [0.3, 0.4) is 0 Å². The van der Waals surface area contributed by atoms with Gasteiger partial charge in [-0.05, 0) is 18.6 Å². The molecule has 1 unspecified atom stereocenters. The molecule has 0 aliphatic rings. The number of nitrogens with one attached hydrogen (secondary N) is 1. The highest BCUT2D eigenvalue weighted by molar-refractivity contribution is 6.31. The summed E-state index contributed by atoms with van der Waals surface area (Å²) in [7, 11) is 0. The summed E-state index contributed by atoms with van der Waals surface area (Å²) in [5, 5.41) is 13.9. The number of nitro benzene ring substituents is 1. The maximum absolute atomic E-state index is 12.1. The molecule has 0 aromatic heterocycles. The Kier molecular flexibility index (Phi) is 8.92. The number of carbonyl (C=O) groups excluding carboxylic acids is 1. The van der Waals surface area contributed by atoms with Crippen molar-refractivity contribution in [3.63, 3.8) is 0 Å².